The molecule has 0 fully saturated rings. The van der Waals surface area contributed by atoms with E-state index >= 15 is 0 Å². The maximum atomic E-state index is 12.2. The molecule has 0 aliphatic heterocycles. The van der Waals surface area contributed by atoms with Gasteiger partial charge in [0.05, 0.1) is 17.9 Å². The number of alkyl halides is 2. The highest BCUT2D eigenvalue weighted by Gasteiger charge is 2.24. The topological polar surface area (TPSA) is 72.5 Å². The van der Waals surface area contributed by atoms with Crippen LogP contribution >= 0.6 is 15.9 Å². The zero-order chi connectivity index (χ0) is 14.6. The Morgan fingerprint density at radius 1 is 1.47 bits per heavy atom. The van der Waals surface area contributed by atoms with Gasteiger partial charge in [0, 0.05) is 4.47 Å². The van der Waals surface area contributed by atoms with Gasteiger partial charge in [-0.15, -0.1) is 0 Å². The first-order valence-corrected chi connectivity index (χ1v) is 7.38. The second kappa shape index (κ2) is 6.29. The van der Waals surface area contributed by atoms with Crippen molar-refractivity contribution in [2.24, 2.45) is 0 Å². The summed E-state index contributed by atoms with van der Waals surface area (Å²) in [5.74, 6) is -4.13. The number of sulfonamides is 1. The molecule has 0 aromatic heterocycles. The Bertz CT molecular complexity index is 577. The number of halogens is 3. The SMILES string of the molecule is CCOC(=O)c1ccc(NS(=O)(=O)C(F)F)c(Br)c1. The average molecular weight is 358 g/mol. The zero-order valence-electron chi connectivity index (χ0n) is 9.69. The summed E-state index contributed by atoms with van der Waals surface area (Å²) < 4.78 is 53.0. The van der Waals surface area contributed by atoms with Crippen molar-refractivity contribution >= 4 is 37.6 Å². The third-order valence-electron chi connectivity index (χ3n) is 1.97. The molecule has 0 aliphatic rings. The first-order valence-electron chi connectivity index (χ1n) is 5.04. The van der Waals surface area contributed by atoms with Crippen molar-refractivity contribution in [2.45, 2.75) is 12.7 Å². The molecule has 1 aromatic rings. The normalized spacial score (nSPS) is 11.4. The van der Waals surface area contributed by atoms with Crippen molar-refractivity contribution in [3.8, 4) is 0 Å². The zero-order valence-corrected chi connectivity index (χ0v) is 12.1. The van der Waals surface area contributed by atoms with Crippen LogP contribution in [-0.4, -0.2) is 26.8 Å². The van der Waals surface area contributed by atoms with Gasteiger partial charge in [-0.2, -0.15) is 8.78 Å². The predicted molar refractivity (Wildman–Crippen MR) is 68.6 cm³/mol. The van der Waals surface area contributed by atoms with Crippen LogP contribution in [0.2, 0.25) is 0 Å². The predicted octanol–water partition coefficient (Wildman–Crippen LogP) is 2.59. The van der Waals surface area contributed by atoms with Crippen LogP contribution in [0.1, 0.15) is 17.3 Å². The van der Waals surface area contributed by atoms with Crippen LogP contribution in [0.4, 0.5) is 14.5 Å². The fourth-order valence-corrected chi connectivity index (χ4v) is 2.32. The van der Waals surface area contributed by atoms with Crippen LogP contribution in [0, 0.1) is 0 Å². The van der Waals surface area contributed by atoms with Gasteiger partial charge in [-0.25, -0.2) is 13.2 Å². The lowest BCUT2D eigenvalue weighted by molar-refractivity contribution is 0.0526. The summed E-state index contributed by atoms with van der Waals surface area (Å²) in [5, 5.41) is 0. The van der Waals surface area contributed by atoms with E-state index in [1.165, 1.54) is 18.2 Å². The molecule has 0 saturated carbocycles. The number of carbonyl (C=O) groups excluding carboxylic acids is 1. The fraction of sp³-hybridized carbons (Fsp3) is 0.300. The van der Waals surface area contributed by atoms with E-state index in [-0.39, 0.29) is 22.3 Å². The highest BCUT2D eigenvalue weighted by Crippen LogP contribution is 2.26. The minimum atomic E-state index is -4.75. The number of anilines is 1. The molecule has 5 nitrogen and oxygen atoms in total. The summed E-state index contributed by atoms with van der Waals surface area (Å²) in [7, 11) is -4.75. The molecule has 0 atom stereocenters. The Balaban J connectivity index is 2.99. The van der Waals surface area contributed by atoms with Gasteiger partial charge in [0.2, 0.25) is 0 Å². The number of rotatable bonds is 5. The smallest absolute Gasteiger partial charge is 0.355 e. The molecule has 1 aromatic carbocycles. The molecule has 0 spiro atoms. The quantitative estimate of drug-likeness (QED) is 0.822. The number of nitrogens with one attached hydrogen (secondary N) is 1. The summed E-state index contributed by atoms with van der Waals surface area (Å²) in [6.07, 6.45) is 0. The van der Waals surface area contributed by atoms with E-state index in [0.29, 0.717) is 0 Å². The third-order valence-corrected chi connectivity index (χ3v) is 3.60. The van der Waals surface area contributed by atoms with Gasteiger partial charge in [-0.05, 0) is 41.1 Å². The van der Waals surface area contributed by atoms with Gasteiger partial charge in [0.25, 0.3) is 10.0 Å². The van der Waals surface area contributed by atoms with Gasteiger partial charge < -0.3 is 4.74 Å². The van der Waals surface area contributed by atoms with Crippen molar-refractivity contribution in [2.75, 3.05) is 11.3 Å². The van der Waals surface area contributed by atoms with Crippen LogP contribution in [0.3, 0.4) is 0 Å². The van der Waals surface area contributed by atoms with Crippen LogP contribution in [-0.2, 0) is 14.8 Å². The number of benzene rings is 1. The number of carbonyl (C=O) groups is 1. The number of hydrogen-bond acceptors (Lipinski definition) is 4. The molecular weight excluding hydrogens is 348 g/mol. The summed E-state index contributed by atoms with van der Waals surface area (Å²) in [6.45, 7) is 1.83. The third kappa shape index (κ3) is 4.13. The largest absolute Gasteiger partial charge is 0.462 e. The van der Waals surface area contributed by atoms with Gasteiger partial charge in [-0.3, -0.25) is 4.72 Å². The molecule has 0 amide bonds. The van der Waals surface area contributed by atoms with E-state index in [1.807, 2.05) is 0 Å². The standard InChI is InChI=1S/C10H10BrF2NO4S/c1-2-18-9(15)6-3-4-8(7(11)5-6)14-19(16,17)10(12)13/h3-5,10,14H,2H2,1H3. The Morgan fingerprint density at radius 3 is 2.58 bits per heavy atom. The lowest BCUT2D eigenvalue weighted by Gasteiger charge is -2.10. The van der Waals surface area contributed by atoms with Crippen LogP contribution in [0.25, 0.3) is 0 Å². The molecule has 0 saturated heterocycles. The number of ether oxygens (including phenoxy) is 1. The van der Waals surface area contributed by atoms with E-state index in [0.717, 1.165) is 0 Å². The maximum Gasteiger partial charge on any atom is 0.355 e. The Morgan fingerprint density at radius 2 is 2.11 bits per heavy atom. The van der Waals surface area contributed by atoms with Gasteiger partial charge >= 0.3 is 11.7 Å². The minimum Gasteiger partial charge on any atom is -0.462 e. The first-order chi connectivity index (χ1) is 8.77. The van der Waals surface area contributed by atoms with Crippen molar-refractivity contribution < 1.29 is 26.7 Å². The lowest BCUT2D eigenvalue weighted by atomic mass is 10.2. The maximum absolute atomic E-state index is 12.2. The van der Waals surface area contributed by atoms with Gasteiger partial charge in [-0.1, -0.05) is 0 Å². The molecule has 1 rings (SSSR count). The highest BCUT2D eigenvalue weighted by atomic mass is 79.9. The van der Waals surface area contributed by atoms with E-state index in [2.05, 4.69) is 15.9 Å². The van der Waals surface area contributed by atoms with Gasteiger partial charge in [0.1, 0.15) is 0 Å². The van der Waals surface area contributed by atoms with E-state index in [1.54, 1.807) is 11.6 Å². The van der Waals surface area contributed by atoms with Crippen molar-refractivity contribution in [1.82, 2.24) is 0 Å². The van der Waals surface area contributed by atoms with Crippen LogP contribution < -0.4 is 4.72 Å². The Hall–Kier alpha value is -1.22. The summed E-state index contributed by atoms with van der Waals surface area (Å²) in [4.78, 5) is 11.4. The first kappa shape index (κ1) is 15.8. The minimum absolute atomic E-state index is 0.0895. The molecule has 9 heteroatoms. The van der Waals surface area contributed by atoms with E-state index < -0.39 is 21.8 Å². The number of hydrogen-bond donors (Lipinski definition) is 1. The molecule has 1 N–H and O–H groups in total. The lowest BCUT2D eigenvalue weighted by Crippen LogP contribution is -2.20. The molecule has 0 heterocycles. The van der Waals surface area contributed by atoms with Crippen molar-refractivity contribution in [3.63, 3.8) is 0 Å². The van der Waals surface area contributed by atoms with Crippen molar-refractivity contribution in [3.05, 3.63) is 28.2 Å². The Labute approximate surface area is 117 Å². The molecule has 106 valence electrons. The second-order valence-corrected chi connectivity index (χ2v) is 5.83. The highest BCUT2D eigenvalue weighted by molar-refractivity contribution is 9.10. The number of esters is 1. The van der Waals surface area contributed by atoms with Gasteiger partial charge in [0.15, 0.2) is 0 Å². The molecule has 0 radical (unpaired) electrons. The van der Waals surface area contributed by atoms with E-state index in [9.17, 15) is 22.0 Å². The molecular formula is C10H10BrF2NO4S. The molecule has 0 unspecified atom stereocenters. The van der Waals surface area contributed by atoms with Crippen molar-refractivity contribution in [1.29, 1.82) is 0 Å². The summed E-state index contributed by atoms with van der Waals surface area (Å²) >= 11 is 2.99. The van der Waals surface area contributed by atoms with Crippen LogP contribution in [0.15, 0.2) is 22.7 Å². The molecule has 19 heavy (non-hydrogen) atoms. The average Bonchev–Trinajstić information content (AvgIpc) is 2.31. The Kier molecular flexibility index (Phi) is 5.24. The second-order valence-electron chi connectivity index (χ2n) is 3.32. The monoisotopic (exact) mass is 357 g/mol. The molecule has 0 aliphatic carbocycles. The van der Waals surface area contributed by atoms with Crippen LogP contribution in [0.5, 0.6) is 0 Å². The van der Waals surface area contributed by atoms with E-state index in [4.69, 9.17) is 4.74 Å². The summed E-state index contributed by atoms with van der Waals surface area (Å²) in [6, 6.07) is 3.74. The fourth-order valence-electron chi connectivity index (χ4n) is 1.14. The molecule has 0 bridgehead atoms. The summed E-state index contributed by atoms with van der Waals surface area (Å²) in [5.41, 5.74) is 0.0852.